The Hall–Kier alpha value is -2.94. The lowest BCUT2D eigenvalue weighted by atomic mass is 9.90. The van der Waals surface area contributed by atoms with Gasteiger partial charge in [0.2, 0.25) is 0 Å². The number of para-hydroxylation sites is 1. The number of nitrogens with zero attached hydrogens (tertiary/aromatic N) is 3. The number of aromatic nitrogens is 3. The molecule has 2 aromatic carbocycles. The second-order valence-electron chi connectivity index (χ2n) is 7.56. The maximum atomic E-state index is 4.91. The first-order valence-corrected chi connectivity index (χ1v) is 9.56. The van der Waals surface area contributed by atoms with E-state index in [1.54, 1.807) is 0 Å². The van der Waals surface area contributed by atoms with E-state index >= 15 is 0 Å². The normalized spacial score (nSPS) is 12.6. The number of rotatable bonds is 4. The summed E-state index contributed by atoms with van der Waals surface area (Å²) < 4.78 is 2.17. The molecule has 0 aliphatic rings. The Kier molecular flexibility index (Phi) is 4.53. The molecule has 27 heavy (non-hydrogen) atoms. The van der Waals surface area contributed by atoms with Crippen molar-refractivity contribution in [3.05, 3.63) is 78.0 Å². The number of benzene rings is 2. The summed E-state index contributed by atoms with van der Waals surface area (Å²) in [6, 6.07) is 21.2. The van der Waals surface area contributed by atoms with Gasteiger partial charge in [-0.15, -0.1) is 0 Å². The van der Waals surface area contributed by atoms with Gasteiger partial charge in [-0.25, -0.2) is 9.97 Å². The highest BCUT2D eigenvalue weighted by Crippen LogP contribution is 2.31. The lowest BCUT2D eigenvalue weighted by molar-refractivity contribution is 0.535. The molecule has 3 heteroatoms. The van der Waals surface area contributed by atoms with Crippen LogP contribution in [0.15, 0.2) is 66.9 Å². The zero-order chi connectivity index (χ0) is 19.0. The zero-order valence-electron chi connectivity index (χ0n) is 16.3. The molecule has 4 aromatic rings. The fourth-order valence-corrected chi connectivity index (χ4v) is 3.47. The predicted molar refractivity (Wildman–Crippen MR) is 112 cm³/mol. The Morgan fingerprint density at radius 3 is 2.30 bits per heavy atom. The number of fused-ring (bicyclic) bond motifs is 1. The van der Waals surface area contributed by atoms with Crippen LogP contribution in [0.1, 0.15) is 37.8 Å². The van der Waals surface area contributed by atoms with E-state index < -0.39 is 0 Å². The lowest BCUT2D eigenvalue weighted by Gasteiger charge is -2.16. The van der Waals surface area contributed by atoms with Crippen molar-refractivity contribution in [3.63, 3.8) is 0 Å². The number of hydrogen-bond donors (Lipinski definition) is 0. The molecule has 0 fully saturated rings. The van der Waals surface area contributed by atoms with Crippen molar-refractivity contribution < 1.29 is 0 Å². The Labute approximate surface area is 160 Å². The minimum absolute atomic E-state index is 0.538. The molecule has 0 aliphatic heterocycles. The second-order valence-corrected chi connectivity index (χ2v) is 7.56. The van der Waals surface area contributed by atoms with E-state index in [0.717, 1.165) is 28.2 Å². The highest BCUT2D eigenvalue weighted by Gasteiger charge is 2.17. The van der Waals surface area contributed by atoms with Crippen LogP contribution in [0, 0.1) is 12.8 Å². The Morgan fingerprint density at radius 2 is 1.59 bits per heavy atom. The van der Waals surface area contributed by atoms with E-state index in [1.165, 1.54) is 11.1 Å². The summed E-state index contributed by atoms with van der Waals surface area (Å²) in [5.41, 5.74) is 6.60. The molecule has 0 amide bonds. The minimum Gasteiger partial charge on any atom is -0.276 e. The lowest BCUT2D eigenvalue weighted by Crippen LogP contribution is -2.03. The number of imidazole rings is 1. The summed E-state index contributed by atoms with van der Waals surface area (Å²) in [5.74, 6) is 2.09. The summed E-state index contributed by atoms with van der Waals surface area (Å²) in [5, 5.41) is 0. The molecule has 0 saturated heterocycles. The van der Waals surface area contributed by atoms with Gasteiger partial charge in [-0.1, -0.05) is 63.2 Å². The molecule has 0 aliphatic carbocycles. The van der Waals surface area contributed by atoms with Crippen molar-refractivity contribution in [1.82, 2.24) is 14.5 Å². The van der Waals surface area contributed by atoms with Gasteiger partial charge < -0.3 is 0 Å². The van der Waals surface area contributed by atoms with Gasteiger partial charge in [-0.3, -0.25) is 4.57 Å². The quantitative estimate of drug-likeness (QED) is 0.439. The van der Waals surface area contributed by atoms with Crippen LogP contribution in [0.2, 0.25) is 0 Å². The van der Waals surface area contributed by atoms with Crippen LogP contribution >= 0.6 is 0 Å². The Morgan fingerprint density at radius 1 is 0.852 bits per heavy atom. The van der Waals surface area contributed by atoms with Crippen molar-refractivity contribution in [3.8, 4) is 17.1 Å². The van der Waals surface area contributed by atoms with Gasteiger partial charge in [0.15, 0.2) is 5.65 Å². The van der Waals surface area contributed by atoms with Crippen LogP contribution in [0.3, 0.4) is 0 Å². The maximum Gasteiger partial charge on any atom is 0.164 e. The predicted octanol–water partition coefficient (Wildman–Crippen LogP) is 6.16. The molecule has 0 saturated carbocycles. The van der Waals surface area contributed by atoms with Crippen LogP contribution in [0.5, 0.6) is 0 Å². The summed E-state index contributed by atoms with van der Waals surface area (Å²) >= 11 is 0. The van der Waals surface area contributed by atoms with Crippen LogP contribution < -0.4 is 0 Å². The molecule has 3 nitrogen and oxygen atoms in total. The van der Waals surface area contributed by atoms with Gasteiger partial charge in [0, 0.05) is 11.8 Å². The van der Waals surface area contributed by atoms with Gasteiger partial charge in [-0.05, 0) is 48.1 Å². The van der Waals surface area contributed by atoms with Crippen LogP contribution in [-0.2, 0) is 0 Å². The molecule has 2 aromatic heterocycles. The fourth-order valence-electron chi connectivity index (χ4n) is 3.47. The average Bonchev–Trinajstić information content (AvgIpc) is 3.07. The molecule has 0 N–H and O–H groups in total. The monoisotopic (exact) mass is 355 g/mol. The van der Waals surface area contributed by atoms with Gasteiger partial charge in [0.25, 0.3) is 0 Å². The van der Waals surface area contributed by atoms with Crippen molar-refractivity contribution in [2.75, 3.05) is 0 Å². The second kappa shape index (κ2) is 6.99. The molecule has 0 radical (unpaired) electrons. The first-order chi connectivity index (χ1) is 13.1. The van der Waals surface area contributed by atoms with E-state index in [1.807, 2.05) is 18.3 Å². The third-order valence-electron chi connectivity index (χ3n) is 5.47. The number of aryl methyl sites for hydroxylation is 1. The Balaban J connectivity index is 1.90. The molecule has 1 atom stereocenters. The summed E-state index contributed by atoms with van der Waals surface area (Å²) in [7, 11) is 0. The number of hydrogen-bond acceptors (Lipinski definition) is 2. The molecule has 136 valence electrons. The van der Waals surface area contributed by atoms with Crippen molar-refractivity contribution >= 4 is 11.2 Å². The molecule has 0 unspecified atom stereocenters. The molecule has 0 bridgehead atoms. The van der Waals surface area contributed by atoms with Crippen LogP contribution in [0.4, 0.5) is 0 Å². The molecule has 2 heterocycles. The largest absolute Gasteiger partial charge is 0.276 e. The van der Waals surface area contributed by atoms with E-state index in [4.69, 9.17) is 4.98 Å². The highest BCUT2D eigenvalue weighted by atomic mass is 15.1. The Bertz CT molecular complexity index is 1070. The average molecular weight is 355 g/mol. The van der Waals surface area contributed by atoms with Gasteiger partial charge in [0.1, 0.15) is 11.3 Å². The topological polar surface area (TPSA) is 30.7 Å². The molecule has 4 rings (SSSR count). The fraction of sp³-hybridized carbons (Fsp3) is 0.250. The SMILES string of the molecule is Cc1ccccc1-n1c(-c2ccc([C@@H](C)C(C)C)cc2)nc2cccnc21. The van der Waals surface area contributed by atoms with E-state index in [-0.39, 0.29) is 0 Å². The smallest absolute Gasteiger partial charge is 0.164 e. The van der Waals surface area contributed by atoms with Crippen LogP contribution in [0.25, 0.3) is 28.2 Å². The molecular weight excluding hydrogens is 330 g/mol. The minimum atomic E-state index is 0.538. The summed E-state index contributed by atoms with van der Waals surface area (Å²) in [4.78, 5) is 9.52. The first kappa shape index (κ1) is 17.5. The van der Waals surface area contributed by atoms with Gasteiger partial charge in [0.05, 0.1) is 5.69 Å². The molecular formula is C24H25N3. The van der Waals surface area contributed by atoms with Crippen molar-refractivity contribution in [2.45, 2.75) is 33.6 Å². The van der Waals surface area contributed by atoms with Crippen molar-refractivity contribution in [2.24, 2.45) is 5.92 Å². The molecule has 0 spiro atoms. The summed E-state index contributed by atoms with van der Waals surface area (Å²) in [6.07, 6.45) is 1.83. The number of pyridine rings is 1. The van der Waals surface area contributed by atoms with E-state index in [0.29, 0.717) is 11.8 Å². The third kappa shape index (κ3) is 3.14. The van der Waals surface area contributed by atoms with E-state index in [9.17, 15) is 0 Å². The van der Waals surface area contributed by atoms with Crippen LogP contribution in [-0.4, -0.2) is 14.5 Å². The third-order valence-corrected chi connectivity index (χ3v) is 5.47. The summed E-state index contributed by atoms with van der Waals surface area (Å²) in [6.45, 7) is 8.94. The standard InChI is InChI=1S/C24H25N3/c1-16(2)18(4)19-11-13-20(14-12-19)23-26-21-9-7-15-25-24(21)27(23)22-10-6-5-8-17(22)3/h5-16,18H,1-4H3/t18-/m0/s1. The highest BCUT2D eigenvalue weighted by molar-refractivity contribution is 5.80. The van der Waals surface area contributed by atoms with Gasteiger partial charge >= 0.3 is 0 Å². The maximum absolute atomic E-state index is 4.91. The van der Waals surface area contributed by atoms with Gasteiger partial charge in [-0.2, -0.15) is 0 Å². The van der Waals surface area contributed by atoms with Crippen molar-refractivity contribution in [1.29, 1.82) is 0 Å². The van der Waals surface area contributed by atoms with E-state index in [2.05, 4.69) is 85.8 Å². The first-order valence-electron chi connectivity index (χ1n) is 9.56. The zero-order valence-corrected chi connectivity index (χ0v) is 16.3.